The molecule has 0 aliphatic carbocycles. The van der Waals surface area contributed by atoms with Gasteiger partial charge in [0, 0.05) is 24.2 Å². The molecule has 5 nitrogen and oxygen atoms in total. The van der Waals surface area contributed by atoms with E-state index in [0.29, 0.717) is 28.0 Å². The first kappa shape index (κ1) is 16.6. The van der Waals surface area contributed by atoms with Crippen LogP contribution in [0, 0.1) is 0 Å². The Kier molecular flexibility index (Phi) is 4.59. The summed E-state index contributed by atoms with van der Waals surface area (Å²) in [5, 5.41) is 0. The largest absolute Gasteiger partial charge is 0.383 e. The molecule has 0 atom stereocenters. The highest BCUT2D eigenvalue weighted by Gasteiger charge is 2.40. The van der Waals surface area contributed by atoms with Crippen molar-refractivity contribution in [1.29, 1.82) is 0 Å². The lowest BCUT2D eigenvalue weighted by molar-refractivity contribution is -0.122. The maximum absolute atomic E-state index is 12.7. The third kappa shape index (κ3) is 2.73. The third-order valence-electron chi connectivity index (χ3n) is 3.70. The number of carbonyl (C=O) groups excluding carboxylic acids is 2. The van der Waals surface area contributed by atoms with Gasteiger partial charge in [-0.05, 0) is 18.2 Å². The number of nitrogens with zero attached hydrogens (tertiary/aromatic N) is 2. The SMILES string of the molecule is COCCN1C(=O)C(=C2C(=O)N(C)c3ccc(Br)cc32)SC1=S. The van der Waals surface area contributed by atoms with Gasteiger partial charge in [0.25, 0.3) is 11.8 Å². The highest BCUT2D eigenvalue weighted by molar-refractivity contribution is 9.10. The summed E-state index contributed by atoms with van der Waals surface area (Å²) in [4.78, 5) is 28.7. The summed E-state index contributed by atoms with van der Waals surface area (Å²) in [6.07, 6.45) is 0. The lowest BCUT2D eigenvalue weighted by Gasteiger charge is -2.13. The first-order valence-electron chi connectivity index (χ1n) is 6.80. The molecule has 23 heavy (non-hydrogen) atoms. The number of carbonyl (C=O) groups is 2. The lowest BCUT2D eigenvalue weighted by Crippen LogP contribution is -2.31. The van der Waals surface area contributed by atoms with Crippen molar-refractivity contribution in [3.05, 3.63) is 33.1 Å². The van der Waals surface area contributed by atoms with Gasteiger partial charge < -0.3 is 9.64 Å². The zero-order valence-electron chi connectivity index (χ0n) is 12.5. The van der Waals surface area contributed by atoms with Gasteiger partial charge in [0.1, 0.15) is 4.32 Å². The molecule has 3 rings (SSSR count). The second-order valence-electron chi connectivity index (χ2n) is 5.05. The number of hydrogen-bond acceptors (Lipinski definition) is 5. The standard InChI is InChI=1S/C15H13BrN2O3S2/c1-17-10-4-3-8(16)7-9(10)11(13(17)19)12-14(20)18(5-6-21-2)15(22)23-12/h3-4,7H,5-6H2,1-2H3. The number of likely N-dealkylation sites (N-methyl/N-ethyl adjacent to an activating group) is 1. The molecule has 0 bridgehead atoms. The van der Waals surface area contributed by atoms with Crippen LogP contribution < -0.4 is 4.90 Å². The third-order valence-corrected chi connectivity index (χ3v) is 5.64. The molecule has 0 spiro atoms. The van der Waals surface area contributed by atoms with Gasteiger partial charge in [-0.2, -0.15) is 0 Å². The number of benzene rings is 1. The van der Waals surface area contributed by atoms with Crippen molar-refractivity contribution in [3.63, 3.8) is 0 Å². The number of ether oxygens (including phenoxy) is 1. The fraction of sp³-hybridized carbons (Fsp3) is 0.267. The van der Waals surface area contributed by atoms with Crippen molar-refractivity contribution in [3.8, 4) is 0 Å². The lowest BCUT2D eigenvalue weighted by atomic mass is 10.1. The Hall–Kier alpha value is -1.22. The average Bonchev–Trinajstić information content (AvgIpc) is 2.92. The summed E-state index contributed by atoms with van der Waals surface area (Å²) in [6, 6.07) is 5.58. The predicted molar refractivity (Wildman–Crippen MR) is 98.3 cm³/mol. The molecule has 0 unspecified atom stereocenters. The van der Waals surface area contributed by atoms with E-state index in [-0.39, 0.29) is 11.8 Å². The summed E-state index contributed by atoms with van der Waals surface area (Å²) in [7, 11) is 3.27. The molecular formula is C15H13BrN2O3S2. The van der Waals surface area contributed by atoms with Crippen molar-refractivity contribution >= 4 is 67.3 Å². The van der Waals surface area contributed by atoms with Gasteiger partial charge in [-0.25, -0.2) is 0 Å². The van der Waals surface area contributed by atoms with Crippen LogP contribution in [-0.4, -0.2) is 48.3 Å². The summed E-state index contributed by atoms with van der Waals surface area (Å²) in [5.41, 5.74) is 1.95. The Morgan fingerprint density at radius 1 is 1.30 bits per heavy atom. The van der Waals surface area contributed by atoms with Crippen molar-refractivity contribution in [2.75, 3.05) is 32.2 Å². The summed E-state index contributed by atoms with van der Waals surface area (Å²) < 4.78 is 6.32. The van der Waals surface area contributed by atoms with Gasteiger partial charge in [-0.15, -0.1) is 0 Å². The summed E-state index contributed by atoms with van der Waals surface area (Å²) in [6.45, 7) is 0.776. The minimum absolute atomic E-state index is 0.189. The second kappa shape index (κ2) is 6.35. The first-order chi connectivity index (χ1) is 11.0. The fourth-order valence-corrected chi connectivity index (χ4v) is 4.28. The molecule has 1 aromatic carbocycles. The molecule has 0 radical (unpaired) electrons. The molecule has 1 saturated heterocycles. The number of thioether (sulfide) groups is 1. The van der Waals surface area contributed by atoms with Crippen LogP contribution in [0.3, 0.4) is 0 Å². The summed E-state index contributed by atoms with van der Waals surface area (Å²) in [5.74, 6) is -0.424. The normalized spacial score (nSPS) is 20.7. The zero-order valence-corrected chi connectivity index (χ0v) is 15.7. The van der Waals surface area contributed by atoms with Crippen LogP contribution in [-0.2, 0) is 14.3 Å². The van der Waals surface area contributed by atoms with Crippen molar-refractivity contribution in [2.45, 2.75) is 0 Å². The molecule has 1 aromatic rings. The fourth-order valence-electron chi connectivity index (χ4n) is 2.54. The molecule has 0 N–H and O–H groups in total. The van der Waals surface area contributed by atoms with E-state index >= 15 is 0 Å². The Bertz CT molecular complexity index is 763. The number of thiocarbonyl (C=S) groups is 1. The van der Waals surface area contributed by atoms with Gasteiger partial charge in [0.05, 0.1) is 29.3 Å². The van der Waals surface area contributed by atoms with E-state index in [9.17, 15) is 9.59 Å². The minimum Gasteiger partial charge on any atom is -0.383 e. The van der Waals surface area contributed by atoms with Crippen LogP contribution in [0.25, 0.3) is 5.57 Å². The quantitative estimate of drug-likeness (QED) is 0.564. The van der Waals surface area contributed by atoms with Crippen LogP contribution in [0.1, 0.15) is 5.56 Å². The smallest absolute Gasteiger partial charge is 0.267 e. The molecular weight excluding hydrogens is 400 g/mol. The Balaban J connectivity index is 2.09. The molecule has 120 valence electrons. The molecule has 2 heterocycles. The van der Waals surface area contributed by atoms with E-state index in [1.165, 1.54) is 16.7 Å². The van der Waals surface area contributed by atoms with Crippen LogP contribution in [0.15, 0.2) is 27.6 Å². The highest BCUT2D eigenvalue weighted by atomic mass is 79.9. The number of hydrogen-bond donors (Lipinski definition) is 0. The number of halogens is 1. The Labute approximate surface area is 151 Å². The monoisotopic (exact) mass is 412 g/mol. The van der Waals surface area contributed by atoms with E-state index in [0.717, 1.165) is 15.7 Å². The van der Waals surface area contributed by atoms with Crippen molar-refractivity contribution < 1.29 is 14.3 Å². The number of amides is 2. The second-order valence-corrected chi connectivity index (χ2v) is 7.61. The van der Waals surface area contributed by atoms with Gasteiger partial charge in [-0.3, -0.25) is 14.5 Å². The minimum atomic E-state index is -0.235. The molecule has 2 aliphatic heterocycles. The van der Waals surface area contributed by atoms with Crippen LogP contribution in [0.5, 0.6) is 0 Å². The maximum Gasteiger partial charge on any atom is 0.267 e. The number of methoxy groups -OCH3 is 1. The highest BCUT2D eigenvalue weighted by Crippen LogP contribution is 2.44. The van der Waals surface area contributed by atoms with Gasteiger partial charge >= 0.3 is 0 Å². The maximum atomic E-state index is 12.7. The van der Waals surface area contributed by atoms with Crippen molar-refractivity contribution in [1.82, 2.24) is 4.90 Å². The predicted octanol–water partition coefficient (Wildman–Crippen LogP) is 2.64. The Morgan fingerprint density at radius 2 is 2.04 bits per heavy atom. The van der Waals surface area contributed by atoms with E-state index in [1.807, 2.05) is 18.2 Å². The molecule has 0 saturated carbocycles. The molecule has 1 fully saturated rings. The van der Waals surface area contributed by atoms with E-state index in [1.54, 1.807) is 19.1 Å². The topological polar surface area (TPSA) is 49.9 Å². The van der Waals surface area contributed by atoms with E-state index in [4.69, 9.17) is 17.0 Å². The van der Waals surface area contributed by atoms with Crippen LogP contribution in [0.2, 0.25) is 0 Å². The molecule has 2 aliphatic rings. The zero-order chi connectivity index (χ0) is 16.7. The number of anilines is 1. The first-order valence-corrected chi connectivity index (χ1v) is 8.82. The molecule has 0 aromatic heterocycles. The number of rotatable bonds is 3. The average molecular weight is 413 g/mol. The van der Waals surface area contributed by atoms with Crippen LogP contribution in [0.4, 0.5) is 5.69 Å². The van der Waals surface area contributed by atoms with E-state index in [2.05, 4.69) is 15.9 Å². The molecule has 2 amide bonds. The van der Waals surface area contributed by atoms with E-state index < -0.39 is 0 Å². The van der Waals surface area contributed by atoms with Gasteiger partial charge in [0.2, 0.25) is 0 Å². The summed E-state index contributed by atoms with van der Waals surface area (Å²) >= 11 is 9.87. The Morgan fingerprint density at radius 3 is 2.74 bits per heavy atom. The number of fused-ring (bicyclic) bond motifs is 1. The van der Waals surface area contributed by atoms with Gasteiger partial charge in [-0.1, -0.05) is 39.9 Å². The van der Waals surface area contributed by atoms with Crippen molar-refractivity contribution in [2.24, 2.45) is 0 Å². The molecule has 8 heteroatoms. The van der Waals surface area contributed by atoms with Gasteiger partial charge in [0.15, 0.2) is 0 Å². The van der Waals surface area contributed by atoms with Crippen LogP contribution >= 0.6 is 39.9 Å².